The summed E-state index contributed by atoms with van der Waals surface area (Å²) in [6, 6.07) is 13.5. The van der Waals surface area contributed by atoms with E-state index in [2.05, 4.69) is 4.57 Å². The first-order valence-corrected chi connectivity index (χ1v) is 10.1. The van der Waals surface area contributed by atoms with Gasteiger partial charge >= 0.3 is 0 Å². The normalized spacial score (nSPS) is 14.6. The minimum Gasteiger partial charge on any atom is -0.378 e. The van der Waals surface area contributed by atoms with E-state index in [1.807, 2.05) is 41.3 Å². The molecule has 0 unspecified atom stereocenters. The molecule has 28 heavy (non-hydrogen) atoms. The van der Waals surface area contributed by atoms with Crippen LogP contribution in [-0.4, -0.2) is 46.7 Å². The molecule has 1 aromatic heterocycles. The highest BCUT2D eigenvalue weighted by molar-refractivity contribution is 6.35. The average Bonchev–Trinajstić information content (AvgIpc) is 3.06. The zero-order valence-corrected chi connectivity index (χ0v) is 16.9. The number of aryl methyl sites for hydroxylation is 1. The van der Waals surface area contributed by atoms with Gasteiger partial charge in [-0.2, -0.15) is 0 Å². The van der Waals surface area contributed by atoms with Gasteiger partial charge in [-0.05, 0) is 29.8 Å². The number of amides is 1. The number of halogens is 2. The molecule has 146 valence electrons. The van der Waals surface area contributed by atoms with Crippen LogP contribution in [0.2, 0.25) is 10.0 Å². The molecule has 3 aromatic rings. The van der Waals surface area contributed by atoms with Gasteiger partial charge in [0.15, 0.2) is 0 Å². The Morgan fingerprint density at radius 1 is 1.11 bits per heavy atom. The molecular formula is C21H21Cl2N3O2. The van der Waals surface area contributed by atoms with E-state index in [0.717, 1.165) is 22.4 Å². The molecular weight excluding hydrogens is 397 g/mol. The van der Waals surface area contributed by atoms with Crippen LogP contribution in [0.4, 0.5) is 0 Å². The van der Waals surface area contributed by atoms with Crippen LogP contribution in [0, 0.1) is 0 Å². The third-order valence-corrected chi connectivity index (χ3v) is 5.60. The van der Waals surface area contributed by atoms with Crippen LogP contribution >= 0.6 is 23.2 Å². The van der Waals surface area contributed by atoms with Crippen LogP contribution < -0.4 is 0 Å². The molecule has 1 fully saturated rings. The highest BCUT2D eigenvalue weighted by Crippen LogP contribution is 2.25. The molecule has 0 N–H and O–H groups in total. The number of fused-ring (bicyclic) bond motifs is 1. The van der Waals surface area contributed by atoms with Gasteiger partial charge in [-0.25, -0.2) is 4.98 Å². The topological polar surface area (TPSA) is 47.4 Å². The fraction of sp³-hybridized carbons (Fsp3) is 0.333. The van der Waals surface area contributed by atoms with Crippen molar-refractivity contribution < 1.29 is 9.53 Å². The Bertz CT molecular complexity index is 996. The van der Waals surface area contributed by atoms with E-state index in [1.54, 1.807) is 6.07 Å². The SMILES string of the molecule is O=C(CCn1c(Cc2ccc(Cl)cc2Cl)nc2ccccc21)N1CCOCC1. The highest BCUT2D eigenvalue weighted by atomic mass is 35.5. The second-order valence-corrected chi connectivity index (χ2v) is 7.67. The molecule has 4 rings (SSSR count). The van der Waals surface area contributed by atoms with Gasteiger partial charge in [-0.3, -0.25) is 4.79 Å². The van der Waals surface area contributed by atoms with Crippen molar-refractivity contribution in [3.63, 3.8) is 0 Å². The molecule has 2 aromatic carbocycles. The lowest BCUT2D eigenvalue weighted by Crippen LogP contribution is -2.41. The number of para-hydroxylation sites is 2. The summed E-state index contributed by atoms with van der Waals surface area (Å²) in [6.07, 6.45) is 1.01. The van der Waals surface area contributed by atoms with Crippen LogP contribution in [0.1, 0.15) is 17.8 Å². The maximum absolute atomic E-state index is 12.6. The Balaban J connectivity index is 1.59. The number of nitrogens with zero attached hydrogens (tertiary/aromatic N) is 3. The number of imidazole rings is 1. The second kappa shape index (κ2) is 8.52. The maximum Gasteiger partial charge on any atom is 0.224 e. The van der Waals surface area contributed by atoms with Crippen molar-refractivity contribution in [3.05, 3.63) is 63.9 Å². The number of morpholine rings is 1. The van der Waals surface area contributed by atoms with E-state index in [4.69, 9.17) is 32.9 Å². The standard InChI is InChI=1S/C21H21Cl2N3O2/c22-16-6-5-15(17(23)14-16)13-20-24-18-3-1-2-4-19(18)26(20)8-7-21(27)25-9-11-28-12-10-25/h1-6,14H,7-13H2. The van der Waals surface area contributed by atoms with E-state index < -0.39 is 0 Å². The van der Waals surface area contributed by atoms with Gasteiger partial charge < -0.3 is 14.2 Å². The number of hydrogen-bond acceptors (Lipinski definition) is 3. The van der Waals surface area contributed by atoms with Crippen LogP contribution in [0.25, 0.3) is 11.0 Å². The van der Waals surface area contributed by atoms with Crippen molar-refractivity contribution in [2.45, 2.75) is 19.4 Å². The largest absolute Gasteiger partial charge is 0.378 e. The van der Waals surface area contributed by atoms with Crippen LogP contribution in [0.15, 0.2) is 42.5 Å². The maximum atomic E-state index is 12.6. The molecule has 0 aliphatic carbocycles. The van der Waals surface area contributed by atoms with Gasteiger partial charge in [0, 0.05) is 42.5 Å². The van der Waals surface area contributed by atoms with Crippen LogP contribution in [0.5, 0.6) is 0 Å². The summed E-state index contributed by atoms with van der Waals surface area (Å²) < 4.78 is 7.46. The Morgan fingerprint density at radius 3 is 2.68 bits per heavy atom. The van der Waals surface area contributed by atoms with Crippen LogP contribution in [-0.2, 0) is 22.5 Å². The minimum atomic E-state index is 0.150. The first-order chi connectivity index (χ1) is 13.6. The van der Waals surface area contributed by atoms with E-state index in [1.165, 1.54) is 0 Å². The van der Waals surface area contributed by atoms with Gasteiger partial charge in [0.25, 0.3) is 0 Å². The number of benzene rings is 2. The molecule has 0 atom stereocenters. The minimum absolute atomic E-state index is 0.150. The predicted octanol–water partition coefficient (Wildman–Crippen LogP) is 4.18. The molecule has 0 bridgehead atoms. The number of aromatic nitrogens is 2. The quantitative estimate of drug-likeness (QED) is 0.625. The third kappa shape index (κ3) is 4.17. The lowest BCUT2D eigenvalue weighted by molar-refractivity contribution is -0.135. The number of carbonyl (C=O) groups excluding carboxylic acids is 1. The number of ether oxygens (including phenoxy) is 1. The van der Waals surface area contributed by atoms with Gasteiger partial charge in [-0.1, -0.05) is 41.4 Å². The van der Waals surface area contributed by atoms with Crippen LogP contribution in [0.3, 0.4) is 0 Å². The number of rotatable bonds is 5. The summed E-state index contributed by atoms with van der Waals surface area (Å²) in [4.78, 5) is 19.3. The summed E-state index contributed by atoms with van der Waals surface area (Å²) in [5.41, 5.74) is 2.90. The Hall–Kier alpha value is -2.08. The van der Waals surface area contributed by atoms with Crippen molar-refractivity contribution in [3.8, 4) is 0 Å². The highest BCUT2D eigenvalue weighted by Gasteiger charge is 2.18. The van der Waals surface area contributed by atoms with Gasteiger partial charge in [0.05, 0.1) is 24.2 Å². The zero-order chi connectivity index (χ0) is 19.5. The Kier molecular flexibility index (Phi) is 5.85. The van der Waals surface area contributed by atoms with Crippen molar-refractivity contribution in [1.82, 2.24) is 14.5 Å². The summed E-state index contributed by atoms with van der Waals surface area (Å²) in [6.45, 7) is 3.13. The summed E-state index contributed by atoms with van der Waals surface area (Å²) in [7, 11) is 0. The Morgan fingerprint density at radius 2 is 1.89 bits per heavy atom. The Labute approximate surface area is 173 Å². The number of carbonyl (C=O) groups is 1. The van der Waals surface area contributed by atoms with E-state index >= 15 is 0 Å². The summed E-state index contributed by atoms with van der Waals surface area (Å²) in [5, 5.41) is 1.23. The molecule has 1 amide bonds. The fourth-order valence-corrected chi connectivity index (χ4v) is 4.00. The number of hydrogen-bond donors (Lipinski definition) is 0. The van der Waals surface area contributed by atoms with Gasteiger partial charge in [0.1, 0.15) is 5.82 Å². The van der Waals surface area contributed by atoms with Crippen molar-refractivity contribution >= 4 is 40.1 Å². The lowest BCUT2D eigenvalue weighted by atomic mass is 10.1. The van der Waals surface area contributed by atoms with Gasteiger partial charge in [-0.15, -0.1) is 0 Å². The fourth-order valence-electron chi connectivity index (χ4n) is 3.52. The molecule has 1 saturated heterocycles. The smallest absolute Gasteiger partial charge is 0.224 e. The van der Waals surface area contributed by atoms with E-state index in [9.17, 15) is 4.79 Å². The monoisotopic (exact) mass is 417 g/mol. The summed E-state index contributed by atoms with van der Waals surface area (Å²) in [5.74, 6) is 1.04. The first kappa shape index (κ1) is 19.2. The molecule has 7 heteroatoms. The second-order valence-electron chi connectivity index (χ2n) is 6.82. The lowest BCUT2D eigenvalue weighted by Gasteiger charge is -2.27. The van der Waals surface area contributed by atoms with Crippen molar-refractivity contribution in [2.24, 2.45) is 0 Å². The average molecular weight is 418 g/mol. The molecule has 0 spiro atoms. The van der Waals surface area contributed by atoms with Crippen molar-refractivity contribution in [2.75, 3.05) is 26.3 Å². The molecule has 1 aliphatic rings. The van der Waals surface area contributed by atoms with Gasteiger partial charge in [0.2, 0.25) is 5.91 Å². The molecule has 1 aliphatic heterocycles. The zero-order valence-electron chi connectivity index (χ0n) is 15.4. The molecule has 0 saturated carbocycles. The predicted molar refractivity (Wildman–Crippen MR) is 111 cm³/mol. The molecule has 5 nitrogen and oxygen atoms in total. The van der Waals surface area contributed by atoms with E-state index in [0.29, 0.717) is 55.7 Å². The first-order valence-electron chi connectivity index (χ1n) is 9.35. The summed E-state index contributed by atoms with van der Waals surface area (Å²) >= 11 is 12.4. The molecule has 0 radical (unpaired) electrons. The molecule has 2 heterocycles. The van der Waals surface area contributed by atoms with Crippen molar-refractivity contribution in [1.29, 1.82) is 0 Å². The van der Waals surface area contributed by atoms with E-state index in [-0.39, 0.29) is 5.91 Å². The third-order valence-electron chi connectivity index (χ3n) is 5.01.